The molecule has 5 fully saturated rings. The van der Waals surface area contributed by atoms with Crippen molar-refractivity contribution in [2.45, 2.75) is 232 Å². The molecule has 44 heteroatoms. The van der Waals surface area contributed by atoms with Crippen LogP contribution in [0, 0.1) is 0 Å². The molecule has 0 saturated carbocycles. The van der Waals surface area contributed by atoms with E-state index < -0.39 is 245 Å². The van der Waals surface area contributed by atoms with Crippen LogP contribution in [0.1, 0.15) is 191 Å². The number of phenols is 3. The summed E-state index contributed by atoms with van der Waals surface area (Å²) in [6, 6.07) is 7.82. The summed E-state index contributed by atoms with van der Waals surface area (Å²) in [6.07, 6.45) is -7.84. The van der Waals surface area contributed by atoms with Crippen LogP contribution < -0.4 is 76.1 Å². The number of benzene rings is 7. The number of aliphatic hydroxyl groups excluding tert-OH is 7. The van der Waals surface area contributed by atoms with Crippen LogP contribution in [0.3, 0.4) is 0 Å². The normalized spacial score (nSPS) is 26.3. The molecule has 17 bridgehead atoms. The van der Waals surface area contributed by atoms with E-state index in [0.29, 0.717) is 70.6 Å². The molecule has 18 rings (SSSR count). The van der Waals surface area contributed by atoms with Crippen molar-refractivity contribution in [3.63, 3.8) is 0 Å². The van der Waals surface area contributed by atoms with Crippen molar-refractivity contribution in [3.8, 4) is 80.1 Å². The minimum Gasteiger partial charge on any atom is -0.508 e. The largest absolute Gasteiger partial charge is 0.508 e. The van der Waals surface area contributed by atoms with Crippen LogP contribution in [-0.2, 0) is 63.8 Å². The van der Waals surface area contributed by atoms with Gasteiger partial charge in [0.1, 0.15) is 126 Å². The van der Waals surface area contributed by atoms with Crippen LogP contribution in [0.2, 0.25) is 10.0 Å². The molecule has 8 amide bonds. The Labute approximate surface area is 847 Å². The van der Waals surface area contributed by atoms with Gasteiger partial charge in [-0.2, -0.15) is 0 Å². The highest BCUT2D eigenvalue weighted by molar-refractivity contribution is 7.64. The van der Waals surface area contributed by atoms with E-state index in [1.807, 2.05) is 4.90 Å². The Hall–Kier alpha value is -11.6. The van der Waals surface area contributed by atoms with Gasteiger partial charge >= 0.3 is 13.9 Å². The Morgan fingerprint density at radius 2 is 1.14 bits per heavy atom. The maximum atomic E-state index is 17.4. The smallest absolute Gasteiger partial charge is 0.417 e. The molecule has 0 aliphatic carbocycles. The second kappa shape index (κ2) is 47.1. The fourth-order valence-corrected chi connectivity index (χ4v) is 24.6. The summed E-state index contributed by atoms with van der Waals surface area (Å²) in [6.45, 7) is 5.21. The monoisotopic (exact) mass is 2070 g/mol. The highest BCUT2D eigenvalue weighted by Crippen LogP contribution is 2.71. The summed E-state index contributed by atoms with van der Waals surface area (Å²) in [5, 5.41) is 143. The number of hydrogen-bond donors (Lipinski definition) is 19. The number of hydrogen-bond acceptors (Lipinski definition) is 33. The molecular formula is C101H125Cl2N13O28P+. The Morgan fingerprint density at radius 1 is 0.538 bits per heavy atom. The van der Waals surface area contributed by atoms with E-state index in [2.05, 4.69) is 68.8 Å². The zero-order valence-electron chi connectivity index (χ0n) is 80.8. The van der Waals surface area contributed by atoms with Crippen LogP contribution in [0.15, 0.2) is 115 Å². The van der Waals surface area contributed by atoms with Crippen LogP contribution >= 0.6 is 31.1 Å². The lowest BCUT2D eigenvalue weighted by Crippen LogP contribution is -2.66. The lowest BCUT2D eigenvalue weighted by atomic mass is 9.89. The number of rotatable bonds is 28. The molecule has 0 radical (unpaired) electrons. The van der Waals surface area contributed by atoms with Gasteiger partial charge in [0.2, 0.25) is 71.3 Å². The molecule has 18 atom stereocenters. The van der Waals surface area contributed by atoms with Crippen molar-refractivity contribution in [3.05, 3.63) is 164 Å². The number of fused-ring (bicyclic) bond motifs is 14. The number of unbranched alkanes of at least 4 members (excludes halogenated alkanes) is 8. The third-order valence-corrected chi connectivity index (χ3v) is 32.1. The lowest BCUT2D eigenvalue weighted by molar-refractivity contribution is -0.277. The first-order chi connectivity index (χ1) is 69.7. The standard InChI is InChI=1S/C101H124Cl2N13O28P/c1-6-7-8-9-10-11-12-13-14-22-74(121)107-83-86(124)88(126)91(99(135)136-5)143-100(83)142-90-71-45-56-46-72(90)139-67-32-27-55(43-63(67)102)84(122)82-98(134)111-80(93(129)105-33-21-34-113(3)4)61-47-57(118)48-69(140-101-89(127)87(125)85(123)73(51-117)141-101)75(61)60-42-53(25-30-65(60)119)78(95(131)112-82)108-96(132)79(56)109-97(133)81-62-49-59(50-70(76(62)103)144-145(114-35-15-16-36-114,115-37-17-18-38-115)116-39-19-20-40-116)138-68-44-54(26-31-66(68)120)77(104-2)94(130)106-64(92(128)110-81)41-52-23-28-58(137-71)29-24-52/h23-32,42-50,64,73,77-89,91,100-101,104,117,122-127H,6-22,33-41,51H2,1-5H3,(H10-,105,106,107,108,109,110,111,112,118,119,120,121,128,129,130,131,132,133,134)/p+1/t64-,73-,77+,78-,79-,80-,81+,82+,83-,84-,85-,86-,87+,88+,89+,91+,100-,101+/m1/s1. The SMILES string of the molecule is CCCCCCCCCCCC(=O)N[C@H]1[C@H](Oc2c3cc4cc2Oc2ccc(cc2Cl)[C@@H](O)[C@@H]2NC(=O)[C@H](NC(=O)[C@@H]4NC(=O)[C@H]4NC(=O)[C@@H](Cc5ccc(cc5)O3)NC(=O)[C@@H](NC)c3ccc(O)c(c3)Oc3cc(O[P+](N5CCCC5)(N5CCCC5)N5CCCC5)c(Cl)c4c3)c3ccc(O)c(c3)-c3c(O[C@H]4O[C@H](CO)[C@@H](O)[C@H](O)[C@@H]4O)cc(O)cc3[C@H](C(=O)NCCCN(C)C)NC2=O)O[C@H](C(=O)OC)[C@@H](O)[C@@H]1O. The minimum atomic E-state index is -3.21. The number of halogens is 2. The number of ether oxygens (including phenoxy) is 8. The quantitative estimate of drug-likeness (QED) is 0.0133. The number of nitrogens with zero attached hydrogens (tertiary/aromatic N) is 4. The number of nitrogens with one attached hydrogen (secondary N) is 9. The van der Waals surface area contributed by atoms with Crippen molar-refractivity contribution in [1.82, 2.24) is 66.8 Å². The number of amides is 8. The van der Waals surface area contributed by atoms with Gasteiger partial charge in [-0.3, -0.25) is 42.9 Å². The van der Waals surface area contributed by atoms with Gasteiger partial charge in [0, 0.05) is 87.5 Å². The van der Waals surface area contributed by atoms with Crippen LogP contribution in [0.25, 0.3) is 11.1 Å². The Bertz CT molecular complexity index is 5860. The Balaban J connectivity index is 0.932. The Kier molecular flexibility index (Phi) is 34.5. The summed E-state index contributed by atoms with van der Waals surface area (Å²) < 4.78 is 66.2. The number of esters is 1. The highest BCUT2D eigenvalue weighted by Gasteiger charge is 2.63. The van der Waals surface area contributed by atoms with Gasteiger partial charge in [-0.1, -0.05) is 112 Å². The second-order valence-electron chi connectivity index (χ2n) is 38.0. The number of methoxy groups -OCH3 is 1. The van der Waals surface area contributed by atoms with E-state index in [4.69, 9.17) is 65.6 Å². The number of carbonyl (C=O) groups is 9. The molecule has 11 heterocycles. The average Bonchev–Trinajstić information content (AvgIpc) is 1.60. The molecule has 7 aromatic carbocycles. The van der Waals surface area contributed by atoms with Crippen LogP contribution in [0.4, 0.5) is 0 Å². The highest BCUT2D eigenvalue weighted by atomic mass is 35.5. The van der Waals surface area contributed by atoms with E-state index in [1.54, 1.807) is 14.1 Å². The first kappa shape index (κ1) is 106. The third-order valence-electron chi connectivity index (χ3n) is 27.6. The van der Waals surface area contributed by atoms with Crippen LogP contribution in [0.5, 0.6) is 69.0 Å². The van der Waals surface area contributed by atoms with Gasteiger partial charge in [-0.25, -0.2) is 4.79 Å². The van der Waals surface area contributed by atoms with Gasteiger partial charge in [-0.15, -0.1) is 14.0 Å². The molecule has 0 spiro atoms. The summed E-state index contributed by atoms with van der Waals surface area (Å²) in [5.74, 6) is -15.5. The van der Waals surface area contributed by atoms with Gasteiger partial charge < -0.3 is 142 Å². The zero-order chi connectivity index (χ0) is 103. The number of phenolic OH excluding ortho intramolecular Hbond substituents is 3. The molecule has 19 N–H and O–H groups in total. The van der Waals surface area contributed by atoms with Crippen molar-refractivity contribution < 1.29 is 137 Å². The van der Waals surface area contributed by atoms with E-state index in [-0.39, 0.29) is 75.4 Å². The molecule has 0 aromatic heterocycles. The maximum Gasteiger partial charge on any atom is 0.417 e. The molecule has 7 aromatic rings. The number of likely N-dealkylation sites (N-methyl/N-ethyl adjacent to an activating group) is 1. The molecule has 11 aliphatic heterocycles. The summed E-state index contributed by atoms with van der Waals surface area (Å²) in [7, 11) is 2.83. The number of aliphatic hydroxyl groups is 7. The molecule has 41 nitrogen and oxygen atoms in total. The van der Waals surface area contributed by atoms with E-state index >= 15 is 33.6 Å². The average molecular weight is 2070 g/mol. The molecule has 0 unspecified atom stereocenters. The van der Waals surface area contributed by atoms with Gasteiger partial charge in [0.15, 0.2) is 29.1 Å². The van der Waals surface area contributed by atoms with Crippen molar-refractivity contribution in [1.29, 1.82) is 0 Å². The van der Waals surface area contributed by atoms with Gasteiger partial charge in [-0.05, 0) is 185 Å². The van der Waals surface area contributed by atoms with Gasteiger partial charge in [0.05, 0.1) is 23.8 Å². The molecule has 11 aliphatic rings. The number of aromatic hydroxyl groups is 3. The summed E-state index contributed by atoms with van der Waals surface area (Å²) in [4.78, 5) is 145. The fourth-order valence-electron chi connectivity index (χ4n) is 19.8. The second-order valence-corrected chi connectivity index (χ2v) is 41.7. The Morgan fingerprint density at radius 3 is 1.79 bits per heavy atom. The molecule has 5 saturated heterocycles. The lowest BCUT2D eigenvalue weighted by Gasteiger charge is -2.41. The molecule has 780 valence electrons. The summed E-state index contributed by atoms with van der Waals surface area (Å²) in [5.41, 5.74) is -2.15. The maximum absolute atomic E-state index is 17.4. The fraction of sp³-hybridized carbons (Fsp3) is 0.495. The third kappa shape index (κ3) is 23.5. The number of carbonyl (C=O) groups excluding carboxylic acids is 9. The summed E-state index contributed by atoms with van der Waals surface area (Å²) >= 11 is 15.5. The predicted octanol–water partition coefficient (Wildman–Crippen LogP) is 7.04. The molecule has 145 heavy (non-hydrogen) atoms. The van der Waals surface area contributed by atoms with E-state index in [1.165, 1.54) is 73.8 Å². The van der Waals surface area contributed by atoms with Crippen molar-refractivity contribution in [2.24, 2.45) is 0 Å². The van der Waals surface area contributed by atoms with Crippen LogP contribution in [-0.4, -0.2) is 284 Å². The molecular weight excluding hydrogens is 1950 g/mol. The first-order valence-corrected chi connectivity index (χ1v) is 51.5. The van der Waals surface area contributed by atoms with E-state index in [9.17, 15) is 60.7 Å². The van der Waals surface area contributed by atoms with Gasteiger partial charge in [0.25, 0.3) is 0 Å². The van der Waals surface area contributed by atoms with Crippen molar-refractivity contribution in [2.75, 3.05) is 87.2 Å². The zero-order valence-corrected chi connectivity index (χ0v) is 83.2. The topological polar surface area (TPSA) is 560 Å². The van der Waals surface area contributed by atoms with E-state index in [0.717, 1.165) is 139 Å². The predicted molar refractivity (Wildman–Crippen MR) is 525 cm³/mol. The first-order valence-electron chi connectivity index (χ1n) is 49.2. The van der Waals surface area contributed by atoms with Crippen molar-refractivity contribution >= 4 is 84.4 Å². The minimum absolute atomic E-state index is 0.0701.